The Bertz CT molecular complexity index is 1050. The number of carbonyl (C=O) groups excluding carboxylic acids is 1. The molecule has 0 spiro atoms. The Kier molecular flexibility index (Phi) is 4.23. The molecule has 4 rings (SSSR count). The summed E-state index contributed by atoms with van der Waals surface area (Å²) in [5.74, 6) is 0.528. The molecule has 0 aliphatic rings. The average molecular weight is 346 g/mol. The molecule has 0 bridgehead atoms. The number of aromatic nitrogens is 3. The predicted molar refractivity (Wildman–Crippen MR) is 99.1 cm³/mol. The van der Waals surface area contributed by atoms with Crippen LogP contribution in [-0.4, -0.2) is 20.7 Å². The number of fused-ring (bicyclic) bond motifs is 1. The summed E-state index contributed by atoms with van der Waals surface area (Å²) in [6, 6.07) is 13.4. The monoisotopic (exact) mass is 346 g/mol. The summed E-state index contributed by atoms with van der Waals surface area (Å²) in [6.07, 6.45) is 6.25. The molecule has 0 fully saturated rings. The highest BCUT2D eigenvalue weighted by molar-refractivity contribution is 6.06. The summed E-state index contributed by atoms with van der Waals surface area (Å²) in [7, 11) is 0. The van der Waals surface area contributed by atoms with Crippen molar-refractivity contribution in [3.05, 3.63) is 77.9 Å². The van der Waals surface area contributed by atoms with E-state index < -0.39 is 0 Å². The number of anilines is 1. The summed E-state index contributed by atoms with van der Waals surface area (Å²) in [4.78, 5) is 16.5. The third kappa shape index (κ3) is 3.21. The minimum atomic E-state index is -0.293. The Hall–Kier alpha value is -3.41. The van der Waals surface area contributed by atoms with Gasteiger partial charge in [-0.15, -0.1) is 0 Å². The quantitative estimate of drug-likeness (QED) is 0.596. The van der Waals surface area contributed by atoms with Crippen molar-refractivity contribution >= 4 is 22.7 Å². The topological polar surface area (TPSA) is 73.0 Å². The molecular weight excluding hydrogens is 328 g/mol. The van der Waals surface area contributed by atoms with Crippen molar-refractivity contribution in [1.82, 2.24) is 14.8 Å². The first-order valence-corrected chi connectivity index (χ1v) is 8.42. The van der Waals surface area contributed by atoms with E-state index in [2.05, 4.69) is 15.4 Å². The number of nitrogens with zero attached hydrogens (tertiary/aromatic N) is 3. The van der Waals surface area contributed by atoms with Crippen LogP contribution in [-0.2, 0) is 13.0 Å². The molecule has 130 valence electrons. The van der Waals surface area contributed by atoms with E-state index >= 15 is 0 Å². The smallest absolute Gasteiger partial charge is 0.292 e. The molecular formula is C20H18N4O2. The van der Waals surface area contributed by atoms with Gasteiger partial charge >= 0.3 is 0 Å². The van der Waals surface area contributed by atoms with Crippen LogP contribution in [0.1, 0.15) is 21.7 Å². The van der Waals surface area contributed by atoms with Gasteiger partial charge in [-0.2, -0.15) is 5.10 Å². The van der Waals surface area contributed by atoms with Gasteiger partial charge in [0, 0.05) is 42.2 Å². The number of hydrogen-bond acceptors (Lipinski definition) is 4. The molecule has 0 unspecified atom stereocenters. The fourth-order valence-corrected chi connectivity index (χ4v) is 2.91. The molecule has 1 amide bonds. The molecule has 0 aliphatic carbocycles. The van der Waals surface area contributed by atoms with Crippen LogP contribution in [0.2, 0.25) is 0 Å². The molecule has 1 N–H and O–H groups in total. The first-order valence-electron chi connectivity index (χ1n) is 8.42. The zero-order chi connectivity index (χ0) is 17.9. The highest BCUT2D eigenvalue weighted by atomic mass is 16.3. The van der Waals surface area contributed by atoms with E-state index in [0.717, 1.165) is 23.9 Å². The molecule has 6 heteroatoms. The van der Waals surface area contributed by atoms with Crippen LogP contribution in [0.3, 0.4) is 0 Å². The highest BCUT2D eigenvalue weighted by Crippen LogP contribution is 2.25. The number of amides is 1. The van der Waals surface area contributed by atoms with Crippen molar-refractivity contribution in [3.8, 4) is 0 Å². The van der Waals surface area contributed by atoms with Gasteiger partial charge < -0.3 is 9.73 Å². The van der Waals surface area contributed by atoms with Crippen molar-refractivity contribution < 1.29 is 9.21 Å². The summed E-state index contributed by atoms with van der Waals surface area (Å²) < 4.78 is 7.50. The van der Waals surface area contributed by atoms with E-state index in [4.69, 9.17) is 4.42 Å². The van der Waals surface area contributed by atoms with E-state index in [1.807, 2.05) is 54.2 Å². The maximum Gasteiger partial charge on any atom is 0.292 e. The Labute approximate surface area is 150 Å². The van der Waals surface area contributed by atoms with E-state index in [1.54, 1.807) is 18.5 Å². The van der Waals surface area contributed by atoms with Gasteiger partial charge in [0.05, 0.1) is 0 Å². The zero-order valence-electron chi connectivity index (χ0n) is 14.3. The number of carbonyl (C=O) groups is 1. The van der Waals surface area contributed by atoms with Gasteiger partial charge in [0.15, 0.2) is 11.6 Å². The summed E-state index contributed by atoms with van der Waals surface area (Å²) in [5, 5.41) is 8.15. The fourth-order valence-electron chi connectivity index (χ4n) is 2.91. The third-order valence-electron chi connectivity index (χ3n) is 4.31. The fraction of sp³-hybridized carbons (Fsp3) is 0.150. The van der Waals surface area contributed by atoms with Gasteiger partial charge in [0.25, 0.3) is 5.91 Å². The molecule has 0 atom stereocenters. The lowest BCUT2D eigenvalue weighted by molar-refractivity contribution is 0.0997. The van der Waals surface area contributed by atoms with E-state index in [1.165, 1.54) is 5.56 Å². The second-order valence-corrected chi connectivity index (χ2v) is 6.08. The summed E-state index contributed by atoms with van der Waals surface area (Å²) in [6.45, 7) is 2.61. The largest absolute Gasteiger partial charge is 0.451 e. The van der Waals surface area contributed by atoms with Crippen LogP contribution in [0, 0.1) is 6.92 Å². The number of para-hydroxylation sites is 1. The molecule has 3 aromatic heterocycles. The standard InChI is InChI=1S/C20H18N4O2/c1-14-16-4-2-3-5-17(16)26-19(14)20(25)22-18-9-13-24(23-18)12-8-15-6-10-21-11-7-15/h2-7,9-11,13H,8,12H2,1H3,(H,22,23,25). The zero-order valence-corrected chi connectivity index (χ0v) is 14.3. The molecule has 6 nitrogen and oxygen atoms in total. The lowest BCUT2D eigenvalue weighted by Crippen LogP contribution is -2.13. The van der Waals surface area contributed by atoms with Crippen LogP contribution in [0.4, 0.5) is 5.82 Å². The minimum absolute atomic E-state index is 0.293. The van der Waals surface area contributed by atoms with Crippen molar-refractivity contribution in [3.63, 3.8) is 0 Å². The first-order chi connectivity index (χ1) is 12.7. The van der Waals surface area contributed by atoms with Crippen LogP contribution in [0.5, 0.6) is 0 Å². The van der Waals surface area contributed by atoms with Crippen molar-refractivity contribution in [1.29, 1.82) is 0 Å². The average Bonchev–Trinajstić information content (AvgIpc) is 3.25. The van der Waals surface area contributed by atoms with Crippen LogP contribution >= 0.6 is 0 Å². The lowest BCUT2D eigenvalue weighted by atomic mass is 10.1. The molecule has 0 saturated heterocycles. The Balaban J connectivity index is 1.44. The van der Waals surface area contributed by atoms with Crippen molar-refractivity contribution in [2.45, 2.75) is 19.9 Å². The summed E-state index contributed by atoms with van der Waals surface area (Å²) >= 11 is 0. The number of benzene rings is 1. The molecule has 4 aromatic rings. The Morgan fingerprint density at radius 2 is 1.96 bits per heavy atom. The second kappa shape index (κ2) is 6.84. The Morgan fingerprint density at radius 3 is 2.77 bits per heavy atom. The minimum Gasteiger partial charge on any atom is -0.451 e. The number of hydrogen-bond donors (Lipinski definition) is 1. The van der Waals surface area contributed by atoms with Gasteiger partial charge in [0.2, 0.25) is 0 Å². The Morgan fingerprint density at radius 1 is 1.15 bits per heavy atom. The molecule has 0 aliphatic heterocycles. The second-order valence-electron chi connectivity index (χ2n) is 6.08. The molecule has 0 radical (unpaired) electrons. The molecule has 3 heterocycles. The van der Waals surface area contributed by atoms with Crippen molar-refractivity contribution in [2.24, 2.45) is 0 Å². The number of pyridine rings is 1. The molecule has 26 heavy (non-hydrogen) atoms. The lowest BCUT2D eigenvalue weighted by Gasteiger charge is -2.02. The summed E-state index contributed by atoms with van der Waals surface area (Å²) in [5.41, 5.74) is 2.73. The number of furan rings is 1. The van der Waals surface area contributed by atoms with Gasteiger partial charge in [-0.1, -0.05) is 18.2 Å². The normalized spacial score (nSPS) is 11.0. The SMILES string of the molecule is Cc1c(C(=O)Nc2ccn(CCc3ccncc3)n2)oc2ccccc12. The van der Waals surface area contributed by atoms with E-state index in [0.29, 0.717) is 17.2 Å². The maximum atomic E-state index is 12.5. The third-order valence-corrected chi connectivity index (χ3v) is 4.31. The van der Waals surface area contributed by atoms with Crippen LogP contribution in [0.25, 0.3) is 11.0 Å². The van der Waals surface area contributed by atoms with Crippen LogP contribution < -0.4 is 5.32 Å². The number of aryl methyl sites for hydroxylation is 3. The van der Waals surface area contributed by atoms with Gasteiger partial charge in [-0.3, -0.25) is 14.5 Å². The molecule has 0 saturated carbocycles. The van der Waals surface area contributed by atoms with E-state index in [-0.39, 0.29) is 5.91 Å². The predicted octanol–water partition coefficient (Wildman–Crippen LogP) is 3.83. The molecule has 1 aromatic carbocycles. The highest BCUT2D eigenvalue weighted by Gasteiger charge is 2.18. The van der Waals surface area contributed by atoms with Crippen molar-refractivity contribution in [2.75, 3.05) is 5.32 Å². The van der Waals surface area contributed by atoms with E-state index in [9.17, 15) is 4.79 Å². The van der Waals surface area contributed by atoms with Gasteiger partial charge in [-0.05, 0) is 37.1 Å². The van der Waals surface area contributed by atoms with Crippen LogP contribution in [0.15, 0.2) is 65.5 Å². The first kappa shape index (κ1) is 16.1. The van der Waals surface area contributed by atoms with Gasteiger partial charge in [0.1, 0.15) is 5.58 Å². The van der Waals surface area contributed by atoms with Gasteiger partial charge in [-0.25, -0.2) is 0 Å². The number of rotatable bonds is 5. The maximum absolute atomic E-state index is 12.5. The number of nitrogens with one attached hydrogen (secondary N) is 1.